The highest BCUT2D eigenvalue weighted by Gasteiger charge is 2.16. The van der Waals surface area contributed by atoms with E-state index in [9.17, 15) is 10.1 Å². The van der Waals surface area contributed by atoms with Gasteiger partial charge in [0.15, 0.2) is 5.69 Å². The number of ether oxygens (including phenoxy) is 1. The molecule has 0 spiro atoms. The fraction of sp³-hybridized carbons (Fsp3) is 0.143. The summed E-state index contributed by atoms with van der Waals surface area (Å²) in [7, 11) is 1.42. The van der Waals surface area contributed by atoms with Crippen molar-refractivity contribution < 1.29 is 20.0 Å². The van der Waals surface area contributed by atoms with Crippen LogP contribution in [0.1, 0.15) is 0 Å². The van der Waals surface area contributed by atoms with Gasteiger partial charge in [-0.05, 0) is 6.07 Å². The molecule has 0 aliphatic rings. The highest BCUT2D eigenvalue weighted by molar-refractivity contribution is 5.69. The highest BCUT2D eigenvalue weighted by atomic mass is 16.9. The molecule has 0 atom stereocenters. The molecule has 1 aromatic rings. The van der Waals surface area contributed by atoms with Crippen LogP contribution in [-0.4, -0.2) is 22.3 Å². The number of nitro groups is 1. The summed E-state index contributed by atoms with van der Waals surface area (Å²) in [5.41, 5.74) is 2.30. The number of benzene rings is 1. The van der Waals surface area contributed by atoms with Gasteiger partial charge in [0.2, 0.25) is 0 Å². The maximum Gasteiger partial charge on any atom is 0.297 e. The zero-order chi connectivity index (χ0) is 13.4. The molecule has 4 N–H and O–H groups in total. The van der Waals surface area contributed by atoms with Gasteiger partial charge in [-0.3, -0.25) is 16.0 Å². The lowest BCUT2D eigenvalue weighted by Crippen LogP contribution is -2.10. The van der Waals surface area contributed by atoms with Gasteiger partial charge in [-0.2, -0.15) is 0 Å². The average Bonchev–Trinajstić information content (AvgIpc) is 2.26. The lowest BCUT2D eigenvalue weighted by atomic mass is 10.2. The molecule has 0 amide bonds. The Morgan fingerprint density at radius 2 is 1.94 bits per heavy atom. The minimum atomic E-state index is -1.50. The molecular weight excluding hydrogens is 236 g/mol. The first-order chi connectivity index (χ1) is 7.93. The molecule has 1 rings (SSSR count). The smallest absolute Gasteiger partial charge is 0.297 e. The van der Waals surface area contributed by atoms with E-state index in [-0.39, 0.29) is 11.4 Å². The molecule has 1 aromatic carbocycles. The van der Waals surface area contributed by atoms with Crippen LogP contribution in [0, 0.1) is 20.2 Å². The lowest BCUT2D eigenvalue weighted by molar-refractivity contribution is -0.742. The van der Waals surface area contributed by atoms with Gasteiger partial charge in [-0.25, -0.2) is 0 Å². The third-order valence-electron chi connectivity index (χ3n) is 1.57. The summed E-state index contributed by atoms with van der Waals surface area (Å²) in [6.07, 6.45) is 0. The number of para-hydroxylation sites is 1. The summed E-state index contributed by atoms with van der Waals surface area (Å²) in [4.78, 5) is 18.3. The van der Waals surface area contributed by atoms with Crippen molar-refractivity contribution in [3.8, 4) is 5.75 Å². The normalized spacial score (nSPS) is 8.59. The molecule has 17 heavy (non-hydrogen) atoms. The van der Waals surface area contributed by atoms with Crippen LogP contribution in [0.2, 0.25) is 0 Å². The Labute approximate surface area is 94.8 Å². The number of anilines is 1. The van der Waals surface area contributed by atoms with Crippen LogP contribution in [0.3, 0.4) is 0 Å². The van der Waals surface area contributed by atoms with Crippen LogP contribution < -0.4 is 16.0 Å². The van der Waals surface area contributed by atoms with Gasteiger partial charge in [0.05, 0.1) is 12.0 Å². The summed E-state index contributed by atoms with van der Waals surface area (Å²) in [5.74, 6) is 5.47. The molecule has 0 heterocycles. The highest BCUT2D eigenvalue weighted by Crippen LogP contribution is 2.32. The second kappa shape index (κ2) is 6.79. The minimum absolute atomic E-state index is 0.109. The van der Waals surface area contributed by atoms with Gasteiger partial charge in [-0.15, -0.1) is 10.1 Å². The molecule has 94 valence electrons. The standard InChI is InChI=1S/C7H9N3O3.HNO3/c1-13-6-4-2-3-5(10(11)12)7(6)9-8;2-1(3)4/h2-4,9H,8H2,1H3;(H,2,3,4). The van der Waals surface area contributed by atoms with Crippen molar-refractivity contribution in [2.24, 2.45) is 5.84 Å². The molecule has 0 radical (unpaired) electrons. The molecule has 0 aliphatic carbocycles. The molecular formula is C7H10N4O6. The largest absolute Gasteiger partial charge is 0.494 e. The maximum atomic E-state index is 10.5. The summed E-state index contributed by atoms with van der Waals surface area (Å²) in [6, 6.07) is 4.46. The third-order valence-corrected chi connectivity index (χ3v) is 1.57. The third kappa shape index (κ3) is 4.61. The molecule has 0 saturated heterocycles. The monoisotopic (exact) mass is 246 g/mol. The van der Waals surface area contributed by atoms with E-state index in [1.54, 1.807) is 6.07 Å². The molecule has 0 bridgehead atoms. The van der Waals surface area contributed by atoms with Gasteiger partial charge in [-0.1, -0.05) is 6.07 Å². The Bertz CT molecular complexity index is 405. The summed E-state index contributed by atoms with van der Waals surface area (Å²) in [6.45, 7) is 0. The van der Waals surface area contributed by atoms with Crippen LogP contribution in [0.15, 0.2) is 18.2 Å². The van der Waals surface area contributed by atoms with E-state index >= 15 is 0 Å². The summed E-state index contributed by atoms with van der Waals surface area (Å²) < 4.78 is 4.88. The average molecular weight is 246 g/mol. The Balaban J connectivity index is 0.000000557. The van der Waals surface area contributed by atoms with E-state index in [2.05, 4.69) is 5.43 Å². The van der Waals surface area contributed by atoms with Gasteiger partial charge >= 0.3 is 0 Å². The number of methoxy groups -OCH3 is 1. The number of nitro benzene ring substituents is 1. The molecule has 10 heteroatoms. The molecule has 0 aromatic heterocycles. The number of nitrogen functional groups attached to an aromatic ring is 1. The van der Waals surface area contributed by atoms with E-state index in [4.69, 9.17) is 25.9 Å². The molecule has 0 unspecified atom stereocenters. The van der Waals surface area contributed by atoms with Gasteiger partial charge in [0.1, 0.15) is 5.75 Å². The van der Waals surface area contributed by atoms with E-state index in [1.807, 2.05) is 0 Å². The minimum Gasteiger partial charge on any atom is -0.494 e. The van der Waals surface area contributed by atoms with Crippen molar-refractivity contribution in [1.29, 1.82) is 0 Å². The lowest BCUT2D eigenvalue weighted by Gasteiger charge is -2.06. The SMILES string of the molecule is COc1cccc([N+](=O)[O-])c1NN.O=[N+]([O-])O. The molecule has 0 fully saturated rings. The quantitative estimate of drug-likeness (QED) is 0.396. The van der Waals surface area contributed by atoms with Crippen LogP contribution in [-0.2, 0) is 0 Å². The van der Waals surface area contributed by atoms with Gasteiger partial charge in [0, 0.05) is 6.07 Å². The predicted molar refractivity (Wildman–Crippen MR) is 56.2 cm³/mol. The number of nitrogens with zero attached hydrogens (tertiary/aromatic N) is 2. The van der Waals surface area contributed by atoms with Gasteiger partial charge in [0.25, 0.3) is 10.8 Å². The van der Waals surface area contributed by atoms with Crippen molar-refractivity contribution in [2.75, 3.05) is 12.5 Å². The molecule has 0 saturated carbocycles. The van der Waals surface area contributed by atoms with Crippen LogP contribution in [0.5, 0.6) is 5.75 Å². The van der Waals surface area contributed by atoms with Crippen molar-refractivity contribution in [1.82, 2.24) is 0 Å². The topological polar surface area (TPSA) is 154 Å². The second-order valence-electron chi connectivity index (χ2n) is 2.49. The Morgan fingerprint density at radius 1 is 1.41 bits per heavy atom. The van der Waals surface area contributed by atoms with E-state index < -0.39 is 10.0 Å². The van der Waals surface area contributed by atoms with Crippen molar-refractivity contribution in [3.63, 3.8) is 0 Å². The first-order valence-electron chi connectivity index (χ1n) is 4.05. The Kier molecular flexibility index (Phi) is 5.74. The summed E-state index contributed by atoms with van der Waals surface area (Å²) >= 11 is 0. The first kappa shape index (κ1) is 14.4. The Hall–Kier alpha value is -2.62. The van der Waals surface area contributed by atoms with Crippen LogP contribution >= 0.6 is 0 Å². The van der Waals surface area contributed by atoms with E-state index in [0.29, 0.717) is 5.75 Å². The fourth-order valence-corrected chi connectivity index (χ4v) is 0.987. The van der Waals surface area contributed by atoms with Crippen molar-refractivity contribution in [2.45, 2.75) is 0 Å². The van der Waals surface area contributed by atoms with Crippen molar-refractivity contribution >= 4 is 11.4 Å². The second-order valence-corrected chi connectivity index (χ2v) is 2.49. The Morgan fingerprint density at radius 3 is 2.29 bits per heavy atom. The number of hydrazine groups is 1. The van der Waals surface area contributed by atoms with Crippen LogP contribution in [0.25, 0.3) is 0 Å². The maximum absolute atomic E-state index is 10.5. The predicted octanol–water partition coefficient (Wildman–Crippen LogP) is 0.541. The van der Waals surface area contributed by atoms with E-state index in [1.165, 1.54) is 19.2 Å². The summed E-state index contributed by atoms with van der Waals surface area (Å²) in [5, 5.41) is 24.1. The molecule has 10 nitrogen and oxygen atoms in total. The number of rotatable bonds is 3. The van der Waals surface area contributed by atoms with Gasteiger partial charge < -0.3 is 15.4 Å². The molecule has 0 aliphatic heterocycles. The van der Waals surface area contributed by atoms with Crippen LogP contribution in [0.4, 0.5) is 11.4 Å². The van der Waals surface area contributed by atoms with Crippen molar-refractivity contribution in [3.05, 3.63) is 38.4 Å². The van der Waals surface area contributed by atoms with E-state index in [0.717, 1.165) is 0 Å². The number of hydrogen-bond acceptors (Lipinski definition) is 7. The fourth-order valence-electron chi connectivity index (χ4n) is 0.987. The zero-order valence-electron chi connectivity index (χ0n) is 8.69. The number of nitrogens with one attached hydrogen (secondary N) is 1. The first-order valence-corrected chi connectivity index (χ1v) is 4.05. The number of hydrogen-bond donors (Lipinski definition) is 3. The zero-order valence-corrected chi connectivity index (χ0v) is 8.69. The number of nitrogens with two attached hydrogens (primary N) is 1.